The molecule has 1 heterocycles. The average Bonchev–Trinajstić information content (AvgIpc) is 2.29. The molecular formula is C13H14FNO4. The number of rotatable bonds is 5. The van der Waals surface area contributed by atoms with Crippen LogP contribution in [0.4, 0.5) is 4.39 Å². The lowest BCUT2D eigenvalue weighted by atomic mass is 9.94. The topological polar surface area (TPSA) is 75.6 Å². The van der Waals surface area contributed by atoms with Gasteiger partial charge in [-0.25, -0.2) is 9.18 Å². The van der Waals surface area contributed by atoms with Gasteiger partial charge in [-0.3, -0.25) is 4.79 Å². The predicted octanol–water partition coefficient (Wildman–Crippen LogP) is 0.728. The minimum absolute atomic E-state index is 0.185. The SMILES string of the molecule is O=C(O)C1(C(=O)NCCc2ccc(F)cc2)CCO1. The third-order valence-corrected chi connectivity index (χ3v) is 3.13. The van der Waals surface area contributed by atoms with E-state index in [2.05, 4.69) is 5.32 Å². The first kappa shape index (κ1) is 13.5. The lowest BCUT2D eigenvalue weighted by Gasteiger charge is -2.35. The second-order valence-electron chi connectivity index (χ2n) is 4.36. The number of hydrogen-bond acceptors (Lipinski definition) is 3. The van der Waals surface area contributed by atoms with Crippen molar-refractivity contribution in [1.82, 2.24) is 5.32 Å². The van der Waals surface area contributed by atoms with Crippen LogP contribution in [0.5, 0.6) is 0 Å². The third kappa shape index (κ3) is 2.73. The van der Waals surface area contributed by atoms with Crippen molar-refractivity contribution in [2.45, 2.75) is 18.4 Å². The summed E-state index contributed by atoms with van der Waals surface area (Å²) < 4.78 is 17.6. The molecule has 102 valence electrons. The molecule has 1 amide bonds. The summed E-state index contributed by atoms with van der Waals surface area (Å²) in [4.78, 5) is 22.7. The molecule has 1 atom stereocenters. The van der Waals surface area contributed by atoms with Gasteiger partial charge in [-0.1, -0.05) is 12.1 Å². The lowest BCUT2D eigenvalue weighted by molar-refractivity contribution is -0.197. The second kappa shape index (κ2) is 5.36. The average molecular weight is 267 g/mol. The minimum Gasteiger partial charge on any atom is -0.479 e. The van der Waals surface area contributed by atoms with E-state index in [1.54, 1.807) is 12.1 Å². The van der Waals surface area contributed by atoms with E-state index >= 15 is 0 Å². The van der Waals surface area contributed by atoms with Crippen molar-refractivity contribution < 1.29 is 23.8 Å². The Bertz CT molecular complexity index is 482. The molecule has 5 nitrogen and oxygen atoms in total. The van der Waals surface area contributed by atoms with E-state index in [-0.39, 0.29) is 25.4 Å². The van der Waals surface area contributed by atoms with Crippen molar-refractivity contribution in [2.24, 2.45) is 0 Å². The lowest BCUT2D eigenvalue weighted by Crippen LogP contribution is -2.61. The van der Waals surface area contributed by atoms with Crippen LogP contribution in [0.3, 0.4) is 0 Å². The Morgan fingerprint density at radius 1 is 1.37 bits per heavy atom. The van der Waals surface area contributed by atoms with E-state index in [0.29, 0.717) is 6.42 Å². The minimum atomic E-state index is -1.72. The van der Waals surface area contributed by atoms with Crippen molar-refractivity contribution in [3.63, 3.8) is 0 Å². The van der Waals surface area contributed by atoms with Crippen LogP contribution in [0.1, 0.15) is 12.0 Å². The first-order valence-corrected chi connectivity index (χ1v) is 5.95. The molecule has 2 rings (SSSR count). The van der Waals surface area contributed by atoms with Crippen LogP contribution < -0.4 is 5.32 Å². The van der Waals surface area contributed by atoms with Gasteiger partial charge < -0.3 is 15.2 Å². The Kier molecular flexibility index (Phi) is 3.80. The number of nitrogens with one attached hydrogen (secondary N) is 1. The molecule has 0 bridgehead atoms. The summed E-state index contributed by atoms with van der Waals surface area (Å²) in [6.45, 7) is 0.556. The van der Waals surface area contributed by atoms with Crippen LogP contribution in [-0.2, 0) is 20.7 Å². The van der Waals surface area contributed by atoms with Crippen molar-refractivity contribution >= 4 is 11.9 Å². The summed E-state index contributed by atoms with van der Waals surface area (Å²) in [5, 5.41) is 11.5. The molecule has 0 aliphatic carbocycles. The number of carbonyl (C=O) groups excluding carboxylic acids is 1. The highest BCUT2D eigenvalue weighted by Gasteiger charge is 2.53. The number of carboxylic acid groups (broad SMARTS) is 1. The second-order valence-corrected chi connectivity index (χ2v) is 4.36. The number of aliphatic carboxylic acids is 1. The number of halogens is 1. The van der Waals surface area contributed by atoms with Crippen molar-refractivity contribution in [3.8, 4) is 0 Å². The molecule has 0 spiro atoms. The fourth-order valence-electron chi connectivity index (χ4n) is 1.87. The highest BCUT2D eigenvalue weighted by Crippen LogP contribution is 2.26. The molecule has 1 saturated heterocycles. The molecule has 1 fully saturated rings. The maximum Gasteiger partial charge on any atom is 0.346 e. The molecular weight excluding hydrogens is 253 g/mol. The smallest absolute Gasteiger partial charge is 0.346 e. The largest absolute Gasteiger partial charge is 0.479 e. The quantitative estimate of drug-likeness (QED) is 0.771. The van der Waals surface area contributed by atoms with E-state index in [0.717, 1.165) is 5.56 Å². The van der Waals surface area contributed by atoms with Crippen LogP contribution in [0, 0.1) is 5.82 Å². The summed E-state index contributed by atoms with van der Waals surface area (Å²) in [7, 11) is 0. The Morgan fingerprint density at radius 2 is 2.00 bits per heavy atom. The Balaban J connectivity index is 1.84. The van der Waals surface area contributed by atoms with E-state index in [4.69, 9.17) is 9.84 Å². The molecule has 1 aromatic carbocycles. The van der Waals surface area contributed by atoms with Crippen LogP contribution in [0.15, 0.2) is 24.3 Å². The summed E-state index contributed by atoms with van der Waals surface area (Å²) in [5.41, 5.74) is -0.858. The van der Waals surface area contributed by atoms with E-state index < -0.39 is 17.5 Å². The molecule has 1 aromatic rings. The van der Waals surface area contributed by atoms with Gasteiger partial charge in [-0.15, -0.1) is 0 Å². The van der Waals surface area contributed by atoms with E-state index in [9.17, 15) is 14.0 Å². The van der Waals surface area contributed by atoms with Gasteiger partial charge in [0.15, 0.2) is 0 Å². The highest BCUT2D eigenvalue weighted by molar-refractivity contribution is 6.06. The van der Waals surface area contributed by atoms with E-state index in [1.807, 2.05) is 0 Å². The molecule has 6 heteroatoms. The number of benzene rings is 1. The van der Waals surface area contributed by atoms with Gasteiger partial charge in [-0.05, 0) is 24.1 Å². The van der Waals surface area contributed by atoms with E-state index in [1.165, 1.54) is 12.1 Å². The maximum atomic E-state index is 12.7. The standard InChI is InChI=1S/C13H14FNO4/c14-10-3-1-9(2-4-10)5-7-15-11(16)13(12(17)18)6-8-19-13/h1-4H,5-8H2,(H,15,16)(H,17,18). The Labute approximate surface area is 109 Å². The molecule has 1 unspecified atom stereocenters. The van der Waals surface area contributed by atoms with Gasteiger partial charge in [0.25, 0.3) is 5.91 Å². The van der Waals surface area contributed by atoms with Crippen molar-refractivity contribution in [2.75, 3.05) is 13.2 Å². The molecule has 2 N–H and O–H groups in total. The van der Waals surface area contributed by atoms with Crippen LogP contribution >= 0.6 is 0 Å². The Hall–Kier alpha value is -1.95. The number of carbonyl (C=O) groups is 2. The van der Waals surface area contributed by atoms with Crippen molar-refractivity contribution in [1.29, 1.82) is 0 Å². The number of amides is 1. The molecule has 1 aliphatic rings. The predicted molar refractivity (Wildman–Crippen MR) is 64.0 cm³/mol. The molecule has 1 aliphatic heterocycles. The molecule has 0 radical (unpaired) electrons. The summed E-state index contributed by atoms with van der Waals surface area (Å²) in [6.07, 6.45) is 0.687. The number of carboxylic acids is 1. The zero-order valence-corrected chi connectivity index (χ0v) is 10.2. The van der Waals surface area contributed by atoms with Gasteiger partial charge in [0.2, 0.25) is 5.60 Å². The first-order valence-electron chi connectivity index (χ1n) is 5.95. The molecule has 19 heavy (non-hydrogen) atoms. The van der Waals surface area contributed by atoms with Gasteiger partial charge in [0.1, 0.15) is 5.82 Å². The van der Waals surface area contributed by atoms with Gasteiger partial charge in [-0.2, -0.15) is 0 Å². The maximum absolute atomic E-state index is 12.7. The van der Waals surface area contributed by atoms with Crippen LogP contribution in [-0.4, -0.2) is 35.7 Å². The normalized spacial score (nSPS) is 21.5. The first-order chi connectivity index (χ1) is 9.04. The summed E-state index contributed by atoms with van der Waals surface area (Å²) in [6, 6.07) is 5.92. The van der Waals surface area contributed by atoms with Crippen molar-refractivity contribution in [3.05, 3.63) is 35.6 Å². The monoisotopic (exact) mass is 267 g/mol. The number of hydrogen-bond donors (Lipinski definition) is 2. The van der Waals surface area contributed by atoms with Gasteiger partial charge in [0.05, 0.1) is 6.61 Å². The Morgan fingerprint density at radius 3 is 2.47 bits per heavy atom. The highest BCUT2D eigenvalue weighted by atomic mass is 19.1. The van der Waals surface area contributed by atoms with Crippen LogP contribution in [0.2, 0.25) is 0 Å². The fraction of sp³-hybridized carbons (Fsp3) is 0.385. The van der Waals surface area contributed by atoms with Gasteiger partial charge >= 0.3 is 5.97 Å². The number of ether oxygens (including phenoxy) is 1. The third-order valence-electron chi connectivity index (χ3n) is 3.13. The summed E-state index contributed by atoms with van der Waals surface area (Å²) >= 11 is 0. The summed E-state index contributed by atoms with van der Waals surface area (Å²) in [5.74, 6) is -2.22. The molecule has 0 saturated carbocycles. The van der Waals surface area contributed by atoms with Crippen LogP contribution in [0.25, 0.3) is 0 Å². The zero-order chi connectivity index (χ0) is 13.9. The van der Waals surface area contributed by atoms with Gasteiger partial charge in [0, 0.05) is 13.0 Å². The zero-order valence-electron chi connectivity index (χ0n) is 10.2. The fourth-order valence-corrected chi connectivity index (χ4v) is 1.87. The molecule has 0 aromatic heterocycles.